The lowest BCUT2D eigenvalue weighted by Crippen LogP contribution is -2.41. The minimum absolute atomic E-state index is 0.0551. The number of anilines is 2. The molecule has 174 valence electrons. The summed E-state index contributed by atoms with van der Waals surface area (Å²) in [6, 6.07) is 11.3. The molecule has 33 heavy (non-hydrogen) atoms. The van der Waals surface area contributed by atoms with E-state index >= 15 is 0 Å². The topological polar surface area (TPSA) is 78.4 Å². The van der Waals surface area contributed by atoms with Crippen LogP contribution in [0.4, 0.5) is 11.4 Å². The minimum atomic E-state index is -0.434. The zero-order valence-electron chi connectivity index (χ0n) is 18.0. The van der Waals surface area contributed by atoms with Gasteiger partial charge in [-0.25, -0.2) is 0 Å². The van der Waals surface area contributed by atoms with Crippen molar-refractivity contribution in [1.29, 1.82) is 0 Å². The van der Waals surface area contributed by atoms with Crippen LogP contribution in [0.5, 0.6) is 0 Å². The summed E-state index contributed by atoms with van der Waals surface area (Å²) in [4.78, 5) is 26.2. The molecule has 2 amide bonds. The molecule has 1 heterocycles. The molecule has 1 aromatic heterocycles. The van der Waals surface area contributed by atoms with Gasteiger partial charge in [-0.2, -0.15) is 0 Å². The molecular formula is C23H23Cl3N3O3S+. The second kappa shape index (κ2) is 10.9. The van der Waals surface area contributed by atoms with Crippen LogP contribution in [0.2, 0.25) is 15.1 Å². The fraction of sp³-hybridized carbons (Fsp3) is 0.217. The van der Waals surface area contributed by atoms with Crippen LogP contribution < -0.4 is 10.6 Å². The quantitative estimate of drug-likeness (QED) is 0.325. The van der Waals surface area contributed by atoms with Crippen LogP contribution in [0.25, 0.3) is 0 Å². The van der Waals surface area contributed by atoms with Gasteiger partial charge in [-0.1, -0.05) is 34.8 Å². The van der Waals surface area contributed by atoms with Crippen LogP contribution in [0, 0.1) is 0 Å². The molecular weight excluding hydrogens is 505 g/mol. The number of thiophene rings is 1. The maximum atomic E-state index is 13.0. The Morgan fingerprint density at radius 1 is 0.970 bits per heavy atom. The van der Waals surface area contributed by atoms with Gasteiger partial charge in [-0.05, 0) is 42.5 Å². The highest BCUT2D eigenvalue weighted by atomic mass is 35.5. The summed E-state index contributed by atoms with van der Waals surface area (Å²) in [6.07, 6.45) is 0. The van der Waals surface area contributed by atoms with E-state index in [0.29, 0.717) is 48.9 Å². The van der Waals surface area contributed by atoms with Gasteiger partial charge in [0, 0.05) is 26.7 Å². The summed E-state index contributed by atoms with van der Waals surface area (Å²) < 4.78 is 0.528. The molecule has 0 aliphatic carbocycles. The van der Waals surface area contributed by atoms with Crippen molar-refractivity contribution in [2.75, 3.05) is 37.9 Å². The monoisotopic (exact) mass is 526 g/mol. The van der Waals surface area contributed by atoms with Crippen molar-refractivity contribution < 1.29 is 19.2 Å². The number of quaternary nitrogens is 1. The van der Waals surface area contributed by atoms with E-state index in [1.807, 2.05) is 19.5 Å². The van der Waals surface area contributed by atoms with Crippen molar-refractivity contribution in [1.82, 2.24) is 0 Å². The predicted molar refractivity (Wildman–Crippen MR) is 136 cm³/mol. The molecule has 0 aliphatic rings. The molecule has 2 aromatic carbocycles. The van der Waals surface area contributed by atoms with Crippen molar-refractivity contribution in [3.8, 4) is 0 Å². The number of rotatable bonds is 8. The normalized spacial score (nSPS) is 11.3. The standard InChI is InChI=1S/C23H22Cl3N3O3S/c1-29(2,9-10-30)12-14-13-33-21(20(14)26)23(32)28-19-8-5-16(25)11-18(19)22(31)27-17-6-3-15(24)4-7-17/h3-8,11,13,30H,9-10,12H2,1-2H3,(H-,27,28,31,32)/p+1. The Balaban J connectivity index is 1.80. The van der Waals surface area contributed by atoms with Gasteiger partial charge in [0.2, 0.25) is 0 Å². The highest BCUT2D eigenvalue weighted by Gasteiger charge is 2.24. The van der Waals surface area contributed by atoms with Crippen LogP contribution in [-0.2, 0) is 6.54 Å². The average Bonchev–Trinajstić information content (AvgIpc) is 3.10. The third kappa shape index (κ3) is 6.69. The average molecular weight is 528 g/mol. The van der Waals surface area contributed by atoms with E-state index in [9.17, 15) is 14.7 Å². The number of carbonyl (C=O) groups is 2. The summed E-state index contributed by atoms with van der Waals surface area (Å²) in [5.41, 5.74) is 1.89. The smallest absolute Gasteiger partial charge is 0.267 e. The zero-order valence-corrected chi connectivity index (χ0v) is 21.1. The number of aliphatic hydroxyl groups is 1. The van der Waals surface area contributed by atoms with Crippen LogP contribution in [0.3, 0.4) is 0 Å². The number of benzene rings is 2. The molecule has 3 rings (SSSR count). The van der Waals surface area contributed by atoms with Crippen molar-refractivity contribution >= 4 is 69.3 Å². The third-order valence-electron chi connectivity index (χ3n) is 4.89. The molecule has 0 radical (unpaired) electrons. The SMILES string of the molecule is C[N+](C)(CCO)Cc1csc(C(=O)Nc2ccc(Cl)cc2C(=O)Nc2ccc(Cl)cc2)c1Cl. The number of carbonyl (C=O) groups excluding carboxylic acids is 2. The number of amides is 2. The molecule has 0 bridgehead atoms. The molecule has 0 saturated carbocycles. The molecule has 10 heteroatoms. The van der Waals surface area contributed by atoms with Gasteiger partial charge in [0.15, 0.2) is 0 Å². The molecule has 0 saturated heterocycles. The van der Waals surface area contributed by atoms with E-state index in [-0.39, 0.29) is 12.2 Å². The first-order valence-corrected chi connectivity index (χ1v) is 12.0. The number of hydrogen-bond donors (Lipinski definition) is 3. The van der Waals surface area contributed by atoms with Gasteiger partial charge in [-0.3, -0.25) is 9.59 Å². The Morgan fingerprint density at radius 3 is 2.30 bits per heavy atom. The van der Waals surface area contributed by atoms with Crippen LogP contribution >= 0.6 is 46.1 Å². The van der Waals surface area contributed by atoms with Gasteiger partial charge in [0.05, 0.1) is 37.0 Å². The number of hydrogen-bond acceptors (Lipinski definition) is 4. The van der Waals surface area contributed by atoms with Crippen molar-refractivity contribution in [3.05, 3.63) is 78.9 Å². The van der Waals surface area contributed by atoms with E-state index in [0.717, 1.165) is 5.56 Å². The molecule has 0 unspecified atom stereocenters. The van der Waals surface area contributed by atoms with Gasteiger partial charge < -0.3 is 20.2 Å². The summed E-state index contributed by atoms with van der Waals surface area (Å²) in [5.74, 6) is -0.859. The Kier molecular flexibility index (Phi) is 8.39. The first-order chi connectivity index (χ1) is 15.6. The Morgan fingerprint density at radius 2 is 1.64 bits per heavy atom. The van der Waals surface area contributed by atoms with Crippen LogP contribution in [-0.4, -0.2) is 48.7 Å². The van der Waals surface area contributed by atoms with E-state index < -0.39 is 11.8 Å². The molecule has 3 aromatic rings. The maximum absolute atomic E-state index is 13.0. The zero-order chi connectivity index (χ0) is 24.2. The Bertz CT molecular complexity index is 1160. The number of likely N-dealkylation sites (N-methyl/N-ethyl adjacent to an activating group) is 1. The Labute approximate surface area is 211 Å². The second-order valence-electron chi connectivity index (χ2n) is 8.05. The molecule has 0 aliphatic heterocycles. The first kappa shape index (κ1) is 25.5. The summed E-state index contributed by atoms with van der Waals surface area (Å²) >= 11 is 19.7. The highest BCUT2D eigenvalue weighted by molar-refractivity contribution is 7.13. The van der Waals surface area contributed by atoms with Crippen LogP contribution in [0.15, 0.2) is 47.8 Å². The van der Waals surface area contributed by atoms with E-state index in [1.165, 1.54) is 17.4 Å². The summed E-state index contributed by atoms with van der Waals surface area (Å²) in [5, 5.41) is 17.9. The fourth-order valence-corrected chi connectivity index (χ4v) is 4.72. The number of halogens is 3. The van der Waals surface area contributed by atoms with Gasteiger partial charge in [0.25, 0.3) is 11.8 Å². The summed E-state index contributed by atoms with van der Waals surface area (Å²) in [6.45, 7) is 1.18. The van der Waals surface area contributed by atoms with Crippen molar-refractivity contribution in [2.24, 2.45) is 0 Å². The number of nitrogens with zero attached hydrogens (tertiary/aromatic N) is 1. The summed E-state index contributed by atoms with van der Waals surface area (Å²) in [7, 11) is 3.95. The van der Waals surface area contributed by atoms with Gasteiger partial charge in [-0.15, -0.1) is 11.3 Å². The highest BCUT2D eigenvalue weighted by Crippen LogP contribution is 2.31. The lowest BCUT2D eigenvalue weighted by atomic mass is 10.1. The fourth-order valence-electron chi connectivity index (χ4n) is 3.17. The molecule has 3 N–H and O–H groups in total. The number of nitrogens with one attached hydrogen (secondary N) is 2. The maximum Gasteiger partial charge on any atom is 0.267 e. The molecule has 0 fully saturated rings. The molecule has 0 spiro atoms. The first-order valence-electron chi connectivity index (χ1n) is 9.96. The Hall–Kier alpha value is -2.13. The lowest BCUT2D eigenvalue weighted by molar-refractivity contribution is -0.903. The minimum Gasteiger partial charge on any atom is -0.391 e. The van der Waals surface area contributed by atoms with Gasteiger partial charge in [0.1, 0.15) is 18.0 Å². The van der Waals surface area contributed by atoms with Crippen molar-refractivity contribution in [2.45, 2.75) is 6.54 Å². The van der Waals surface area contributed by atoms with E-state index in [1.54, 1.807) is 36.4 Å². The number of aliphatic hydroxyl groups excluding tert-OH is 1. The largest absolute Gasteiger partial charge is 0.391 e. The lowest BCUT2D eigenvalue weighted by Gasteiger charge is -2.28. The van der Waals surface area contributed by atoms with E-state index in [4.69, 9.17) is 34.8 Å². The van der Waals surface area contributed by atoms with Crippen LogP contribution in [0.1, 0.15) is 25.6 Å². The van der Waals surface area contributed by atoms with Gasteiger partial charge >= 0.3 is 0 Å². The molecule has 6 nitrogen and oxygen atoms in total. The third-order valence-corrected chi connectivity index (χ3v) is 6.95. The second-order valence-corrected chi connectivity index (χ2v) is 10.2. The predicted octanol–water partition coefficient (Wildman–Crippen LogP) is 5.78. The van der Waals surface area contributed by atoms with E-state index in [2.05, 4.69) is 10.6 Å². The van der Waals surface area contributed by atoms with Crippen molar-refractivity contribution in [3.63, 3.8) is 0 Å². The molecule has 0 atom stereocenters.